The summed E-state index contributed by atoms with van der Waals surface area (Å²) in [5, 5.41) is 0. The highest BCUT2D eigenvalue weighted by Crippen LogP contribution is 2.18. The van der Waals surface area contributed by atoms with Gasteiger partial charge in [0.25, 0.3) is 0 Å². The third-order valence-electron chi connectivity index (χ3n) is 3.33. The van der Waals surface area contributed by atoms with E-state index in [0.29, 0.717) is 24.7 Å². The molecule has 1 aromatic rings. The van der Waals surface area contributed by atoms with Crippen molar-refractivity contribution in [2.24, 2.45) is 5.92 Å². The average Bonchev–Trinajstić information content (AvgIpc) is 2.47. The molecular formula is C16H20O3. The van der Waals surface area contributed by atoms with Gasteiger partial charge in [-0.2, -0.15) is 0 Å². The van der Waals surface area contributed by atoms with Crippen molar-refractivity contribution < 1.29 is 14.3 Å². The van der Waals surface area contributed by atoms with Gasteiger partial charge in [-0.1, -0.05) is 24.3 Å². The van der Waals surface area contributed by atoms with Crippen LogP contribution in [0.25, 0.3) is 0 Å². The first-order valence-corrected chi connectivity index (χ1v) is 6.69. The van der Waals surface area contributed by atoms with Gasteiger partial charge < -0.3 is 9.47 Å². The molecule has 0 saturated carbocycles. The van der Waals surface area contributed by atoms with Gasteiger partial charge in [-0.05, 0) is 42.9 Å². The molecule has 3 heteroatoms. The summed E-state index contributed by atoms with van der Waals surface area (Å²) in [7, 11) is 1.65. The molecule has 1 atom stereocenters. The molecule has 0 N–H and O–H groups in total. The second kappa shape index (κ2) is 7.10. The summed E-state index contributed by atoms with van der Waals surface area (Å²) in [6.07, 6.45) is 7.57. The Morgan fingerprint density at radius 3 is 2.68 bits per heavy atom. The van der Waals surface area contributed by atoms with Gasteiger partial charge in [-0.25, -0.2) is 4.79 Å². The van der Waals surface area contributed by atoms with Crippen LogP contribution in [0.4, 0.5) is 0 Å². The predicted molar refractivity (Wildman–Crippen MR) is 73.9 cm³/mol. The molecule has 0 bridgehead atoms. The minimum absolute atomic E-state index is 0.237. The number of hydrogen-bond acceptors (Lipinski definition) is 3. The van der Waals surface area contributed by atoms with Crippen molar-refractivity contribution in [2.75, 3.05) is 13.7 Å². The number of benzene rings is 1. The molecule has 0 fully saturated rings. The van der Waals surface area contributed by atoms with E-state index in [-0.39, 0.29) is 5.97 Å². The third kappa shape index (κ3) is 4.21. The lowest BCUT2D eigenvalue weighted by molar-refractivity contribution is 0.0432. The quantitative estimate of drug-likeness (QED) is 0.601. The summed E-state index contributed by atoms with van der Waals surface area (Å²) in [5.74, 6) is 0.236. The molecule has 1 aliphatic carbocycles. The highest BCUT2D eigenvalue weighted by Gasteiger charge is 2.13. The van der Waals surface area contributed by atoms with Gasteiger partial charge in [0.2, 0.25) is 0 Å². The fourth-order valence-electron chi connectivity index (χ4n) is 2.19. The predicted octanol–water partition coefficient (Wildman–Crippen LogP) is 3.35. The van der Waals surface area contributed by atoms with E-state index in [1.54, 1.807) is 19.2 Å². The van der Waals surface area contributed by atoms with E-state index >= 15 is 0 Å². The van der Waals surface area contributed by atoms with Crippen molar-refractivity contribution in [3.8, 4) is 0 Å². The second-order valence-electron chi connectivity index (χ2n) is 4.88. The summed E-state index contributed by atoms with van der Waals surface area (Å²) in [4.78, 5) is 11.9. The molecule has 0 amide bonds. The van der Waals surface area contributed by atoms with E-state index in [4.69, 9.17) is 9.47 Å². The molecule has 0 saturated heterocycles. The van der Waals surface area contributed by atoms with Gasteiger partial charge in [0.15, 0.2) is 0 Å². The van der Waals surface area contributed by atoms with Crippen molar-refractivity contribution in [2.45, 2.75) is 25.9 Å². The average molecular weight is 260 g/mol. The molecule has 0 aromatic heterocycles. The number of esters is 1. The zero-order valence-corrected chi connectivity index (χ0v) is 11.3. The van der Waals surface area contributed by atoms with E-state index < -0.39 is 0 Å². The summed E-state index contributed by atoms with van der Waals surface area (Å²) in [5.41, 5.74) is 1.66. The fourth-order valence-corrected chi connectivity index (χ4v) is 2.19. The van der Waals surface area contributed by atoms with Crippen molar-refractivity contribution in [1.82, 2.24) is 0 Å². The standard InChI is InChI=1S/C16H20O3/c1-18-11-14-7-9-15(10-8-14)16(17)19-12-13-5-3-2-4-6-13/h2-3,7-10,13H,4-6,11-12H2,1H3. The number of allylic oxidation sites excluding steroid dienone is 2. The van der Waals surface area contributed by atoms with Crippen LogP contribution in [0.5, 0.6) is 0 Å². The van der Waals surface area contributed by atoms with Crippen LogP contribution < -0.4 is 0 Å². The van der Waals surface area contributed by atoms with Gasteiger partial charge in [0, 0.05) is 7.11 Å². The first kappa shape index (κ1) is 13.8. The molecule has 0 aliphatic heterocycles. The zero-order valence-electron chi connectivity index (χ0n) is 11.3. The number of ether oxygens (including phenoxy) is 2. The van der Waals surface area contributed by atoms with Crippen molar-refractivity contribution >= 4 is 5.97 Å². The number of methoxy groups -OCH3 is 1. The lowest BCUT2D eigenvalue weighted by Gasteiger charge is -2.17. The second-order valence-corrected chi connectivity index (χ2v) is 4.88. The van der Waals surface area contributed by atoms with Crippen molar-refractivity contribution in [1.29, 1.82) is 0 Å². The first-order chi connectivity index (χ1) is 9.29. The van der Waals surface area contributed by atoms with E-state index in [0.717, 1.165) is 24.8 Å². The van der Waals surface area contributed by atoms with Crippen LogP contribution in [0.2, 0.25) is 0 Å². The molecule has 102 valence electrons. The summed E-state index contributed by atoms with van der Waals surface area (Å²) < 4.78 is 10.4. The molecule has 1 unspecified atom stereocenters. The molecule has 19 heavy (non-hydrogen) atoms. The van der Waals surface area contributed by atoms with E-state index in [1.165, 1.54) is 0 Å². The Morgan fingerprint density at radius 1 is 1.26 bits per heavy atom. The lowest BCUT2D eigenvalue weighted by atomic mass is 9.95. The molecule has 0 spiro atoms. The maximum atomic E-state index is 11.9. The van der Waals surface area contributed by atoms with Crippen LogP contribution in [0.15, 0.2) is 36.4 Å². The number of rotatable bonds is 5. The monoisotopic (exact) mass is 260 g/mol. The van der Waals surface area contributed by atoms with Crippen LogP contribution >= 0.6 is 0 Å². The van der Waals surface area contributed by atoms with E-state index in [2.05, 4.69) is 12.2 Å². The molecule has 3 nitrogen and oxygen atoms in total. The Morgan fingerprint density at radius 2 is 2.05 bits per heavy atom. The van der Waals surface area contributed by atoms with Crippen molar-refractivity contribution in [3.05, 3.63) is 47.5 Å². The Balaban J connectivity index is 1.83. The summed E-state index contributed by atoms with van der Waals surface area (Å²) in [6.45, 7) is 1.08. The highest BCUT2D eigenvalue weighted by atomic mass is 16.5. The topological polar surface area (TPSA) is 35.5 Å². The molecule has 0 heterocycles. The third-order valence-corrected chi connectivity index (χ3v) is 3.33. The normalized spacial score (nSPS) is 18.3. The van der Waals surface area contributed by atoms with Gasteiger partial charge in [-0.15, -0.1) is 0 Å². The number of hydrogen-bond donors (Lipinski definition) is 0. The van der Waals surface area contributed by atoms with Gasteiger partial charge in [-0.3, -0.25) is 0 Å². The smallest absolute Gasteiger partial charge is 0.338 e. The Bertz CT molecular complexity index is 434. The fraction of sp³-hybridized carbons (Fsp3) is 0.438. The zero-order chi connectivity index (χ0) is 13.5. The highest BCUT2D eigenvalue weighted by molar-refractivity contribution is 5.89. The molecular weight excluding hydrogens is 240 g/mol. The number of carbonyl (C=O) groups is 1. The largest absolute Gasteiger partial charge is 0.462 e. The van der Waals surface area contributed by atoms with Gasteiger partial charge >= 0.3 is 5.97 Å². The van der Waals surface area contributed by atoms with Gasteiger partial charge in [0.05, 0.1) is 18.8 Å². The van der Waals surface area contributed by atoms with E-state index in [9.17, 15) is 4.79 Å². The molecule has 2 rings (SSSR count). The maximum absolute atomic E-state index is 11.9. The number of carbonyl (C=O) groups excluding carboxylic acids is 1. The molecule has 1 aliphatic rings. The Kier molecular flexibility index (Phi) is 5.16. The van der Waals surface area contributed by atoms with Crippen LogP contribution in [0, 0.1) is 5.92 Å². The van der Waals surface area contributed by atoms with E-state index in [1.807, 2.05) is 12.1 Å². The summed E-state index contributed by atoms with van der Waals surface area (Å²) in [6, 6.07) is 7.36. The lowest BCUT2D eigenvalue weighted by Crippen LogP contribution is -2.15. The maximum Gasteiger partial charge on any atom is 0.338 e. The summed E-state index contributed by atoms with van der Waals surface area (Å²) >= 11 is 0. The van der Waals surface area contributed by atoms with Crippen LogP contribution in [0.1, 0.15) is 35.2 Å². The Labute approximate surface area is 114 Å². The Hall–Kier alpha value is -1.61. The molecule has 1 aromatic carbocycles. The van der Waals surface area contributed by atoms with Crippen LogP contribution in [0.3, 0.4) is 0 Å². The van der Waals surface area contributed by atoms with Crippen LogP contribution in [-0.4, -0.2) is 19.7 Å². The van der Waals surface area contributed by atoms with Crippen molar-refractivity contribution in [3.63, 3.8) is 0 Å². The van der Waals surface area contributed by atoms with Crippen LogP contribution in [-0.2, 0) is 16.1 Å². The minimum atomic E-state index is -0.237. The van der Waals surface area contributed by atoms with Gasteiger partial charge in [0.1, 0.15) is 0 Å². The minimum Gasteiger partial charge on any atom is -0.462 e. The first-order valence-electron chi connectivity index (χ1n) is 6.69. The molecule has 0 radical (unpaired) electrons. The SMILES string of the molecule is COCc1ccc(C(=O)OCC2CC=CCC2)cc1.